The summed E-state index contributed by atoms with van der Waals surface area (Å²) in [5.74, 6) is 0.882. The maximum Gasteiger partial charge on any atom is 0.246 e. The van der Waals surface area contributed by atoms with Gasteiger partial charge in [0, 0.05) is 52.5 Å². The van der Waals surface area contributed by atoms with Crippen molar-refractivity contribution in [1.82, 2.24) is 24.9 Å². The van der Waals surface area contributed by atoms with Gasteiger partial charge in [-0.15, -0.1) is 24.0 Å². The zero-order valence-electron chi connectivity index (χ0n) is 17.5. The van der Waals surface area contributed by atoms with Crippen molar-refractivity contribution >= 4 is 41.5 Å². The van der Waals surface area contributed by atoms with Gasteiger partial charge in [-0.25, -0.2) is 0 Å². The summed E-state index contributed by atoms with van der Waals surface area (Å²) in [6.45, 7) is 8.20. The van der Waals surface area contributed by atoms with Crippen molar-refractivity contribution in [3.63, 3.8) is 0 Å². The van der Waals surface area contributed by atoms with Crippen LogP contribution < -0.4 is 10.2 Å². The zero-order valence-corrected chi connectivity index (χ0v) is 19.8. The number of carbonyl (C=O) groups excluding carboxylic acids is 1. The number of piperazine rings is 1. The first-order valence-electron chi connectivity index (χ1n) is 10.3. The molecule has 164 valence electrons. The summed E-state index contributed by atoms with van der Waals surface area (Å²) >= 11 is 0. The number of rotatable bonds is 6. The molecule has 3 rings (SSSR count). The Morgan fingerprint density at radius 3 is 2.69 bits per heavy atom. The summed E-state index contributed by atoms with van der Waals surface area (Å²) in [7, 11) is 1.85. The second kappa shape index (κ2) is 11.7. The minimum atomic E-state index is -0.127. The number of likely N-dealkylation sites (tertiary alicyclic amines) is 1. The highest BCUT2D eigenvalue weighted by atomic mass is 127. The van der Waals surface area contributed by atoms with E-state index >= 15 is 0 Å². The number of halogens is 1. The molecule has 0 atom stereocenters. The average molecular weight is 519 g/mol. The Labute approximate surface area is 190 Å². The predicted molar refractivity (Wildman–Crippen MR) is 125 cm³/mol. The van der Waals surface area contributed by atoms with E-state index in [1.54, 1.807) is 15.8 Å². The Morgan fingerprint density at radius 2 is 2.07 bits per heavy atom. The van der Waals surface area contributed by atoms with Crippen LogP contribution in [0.2, 0.25) is 0 Å². The first-order valence-corrected chi connectivity index (χ1v) is 10.3. The molecule has 0 aromatic carbocycles. The summed E-state index contributed by atoms with van der Waals surface area (Å²) in [6, 6.07) is 0. The third kappa shape index (κ3) is 6.82. The van der Waals surface area contributed by atoms with Crippen LogP contribution >= 0.6 is 24.0 Å². The van der Waals surface area contributed by atoms with Gasteiger partial charge >= 0.3 is 0 Å². The van der Waals surface area contributed by atoms with Gasteiger partial charge in [-0.1, -0.05) is 0 Å². The monoisotopic (exact) mass is 519 g/mol. The fourth-order valence-corrected chi connectivity index (χ4v) is 3.72. The van der Waals surface area contributed by atoms with E-state index in [0.717, 1.165) is 70.2 Å². The third-order valence-electron chi connectivity index (χ3n) is 5.31. The number of aliphatic hydroxyl groups excluding tert-OH is 1. The van der Waals surface area contributed by atoms with Gasteiger partial charge in [0.2, 0.25) is 5.91 Å². The van der Waals surface area contributed by atoms with Gasteiger partial charge in [-0.2, -0.15) is 5.10 Å². The molecule has 1 amide bonds. The van der Waals surface area contributed by atoms with Gasteiger partial charge in [0.1, 0.15) is 6.54 Å². The molecule has 2 N–H and O–H groups in total. The van der Waals surface area contributed by atoms with Crippen molar-refractivity contribution in [3.8, 4) is 0 Å². The number of aliphatic hydroxyl groups is 1. The molecule has 2 aliphatic heterocycles. The molecule has 2 fully saturated rings. The number of aliphatic imine (C=N–C) groups is 1. The molecule has 0 saturated carbocycles. The number of aryl methyl sites for hydroxylation is 1. The molecule has 2 aliphatic rings. The number of hydrogen-bond acceptors (Lipinski definition) is 5. The van der Waals surface area contributed by atoms with Crippen LogP contribution in [-0.2, 0) is 11.8 Å². The maximum absolute atomic E-state index is 12.6. The van der Waals surface area contributed by atoms with E-state index in [9.17, 15) is 9.90 Å². The van der Waals surface area contributed by atoms with E-state index in [1.165, 1.54) is 0 Å². The van der Waals surface area contributed by atoms with Crippen LogP contribution in [0.25, 0.3) is 0 Å². The normalized spacial score (nSPS) is 19.4. The van der Waals surface area contributed by atoms with Crippen LogP contribution in [0.1, 0.15) is 26.2 Å². The van der Waals surface area contributed by atoms with Gasteiger partial charge < -0.3 is 25.1 Å². The van der Waals surface area contributed by atoms with Crippen molar-refractivity contribution in [1.29, 1.82) is 0 Å². The minimum absolute atomic E-state index is 0. The van der Waals surface area contributed by atoms with Crippen LogP contribution in [0.4, 0.5) is 5.69 Å². The summed E-state index contributed by atoms with van der Waals surface area (Å²) in [5.41, 5.74) is 0.848. The summed E-state index contributed by atoms with van der Waals surface area (Å²) < 4.78 is 1.71. The molecular formula is C19H34IN7O2. The Kier molecular flexibility index (Phi) is 9.63. The van der Waals surface area contributed by atoms with Gasteiger partial charge in [0.25, 0.3) is 0 Å². The lowest BCUT2D eigenvalue weighted by Crippen LogP contribution is -2.55. The Morgan fingerprint density at radius 1 is 1.31 bits per heavy atom. The number of aromatic nitrogens is 2. The second-order valence-corrected chi connectivity index (χ2v) is 7.50. The average Bonchev–Trinajstić information content (AvgIpc) is 3.11. The molecule has 3 heterocycles. The Hall–Kier alpha value is -1.40. The molecule has 2 saturated heterocycles. The van der Waals surface area contributed by atoms with Crippen molar-refractivity contribution in [2.24, 2.45) is 12.0 Å². The molecule has 0 aliphatic carbocycles. The molecule has 29 heavy (non-hydrogen) atoms. The number of anilines is 1. The molecule has 1 aromatic heterocycles. The smallest absolute Gasteiger partial charge is 0.246 e. The van der Waals surface area contributed by atoms with E-state index in [-0.39, 0.29) is 36.0 Å². The van der Waals surface area contributed by atoms with Crippen LogP contribution in [0.3, 0.4) is 0 Å². The molecule has 0 spiro atoms. The van der Waals surface area contributed by atoms with E-state index in [2.05, 4.69) is 15.3 Å². The molecule has 0 radical (unpaired) electrons. The number of amides is 1. The molecule has 1 aromatic rings. The molecule has 0 bridgehead atoms. The summed E-state index contributed by atoms with van der Waals surface area (Å²) in [4.78, 5) is 23.6. The SMILES string of the molecule is CCNC(=NCCCN1CCC(O)CC1)N1CCN(c2cnn(C)c2)C(=O)C1.I. The Bertz CT molecular complexity index is 673. The van der Waals surface area contributed by atoms with E-state index in [0.29, 0.717) is 13.1 Å². The van der Waals surface area contributed by atoms with E-state index < -0.39 is 0 Å². The second-order valence-electron chi connectivity index (χ2n) is 7.50. The summed E-state index contributed by atoms with van der Waals surface area (Å²) in [6.07, 6.45) is 6.19. The van der Waals surface area contributed by atoms with Gasteiger partial charge in [0.15, 0.2) is 5.96 Å². The van der Waals surface area contributed by atoms with Crippen molar-refractivity contribution in [3.05, 3.63) is 12.4 Å². The highest BCUT2D eigenvalue weighted by Crippen LogP contribution is 2.16. The van der Waals surface area contributed by atoms with E-state index in [4.69, 9.17) is 4.99 Å². The first-order chi connectivity index (χ1) is 13.6. The lowest BCUT2D eigenvalue weighted by molar-refractivity contribution is -0.120. The maximum atomic E-state index is 12.6. The lowest BCUT2D eigenvalue weighted by atomic mass is 10.1. The highest BCUT2D eigenvalue weighted by Gasteiger charge is 2.27. The zero-order chi connectivity index (χ0) is 19.9. The van der Waals surface area contributed by atoms with Crippen LogP contribution in [-0.4, -0.2) is 95.0 Å². The quantitative estimate of drug-likeness (QED) is 0.246. The van der Waals surface area contributed by atoms with E-state index in [1.807, 2.05) is 25.1 Å². The fraction of sp³-hybridized carbons (Fsp3) is 0.737. The standard InChI is InChI=1S/C19H33N7O2.HI/c1-3-20-19(21-7-4-8-24-9-5-17(27)6-10-24)25-11-12-26(18(28)15-25)16-13-22-23(2)14-16;/h13-14,17,27H,3-12,15H2,1-2H3,(H,20,21);1H. The number of piperidine rings is 1. The van der Waals surface area contributed by atoms with Gasteiger partial charge in [-0.3, -0.25) is 14.5 Å². The molecule has 0 unspecified atom stereocenters. The van der Waals surface area contributed by atoms with Crippen molar-refractivity contribution < 1.29 is 9.90 Å². The number of carbonyl (C=O) groups is 1. The topological polar surface area (TPSA) is 89.2 Å². The number of hydrogen-bond donors (Lipinski definition) is 2. The van der Waals surface area contributed by atoms with Crippen molar-refractivity contribution in [2.45, 2.75) is 32.3 Å². The molecular weight excluding hydrogens is 485 g/mol. The number of guanidine groups is 1. The van der Waals surface area contributed by atoms with Gasteiger partial charge in [0.05, 0.1) is 18.0 Å². The van der Waals surface area contributed by atoms with Gasteiger partial charge in [-0.05, 0) is 32.7 Å². The number of nitrogens with one attached hydrogen (secondary N) is 1. The number of nitrogens with zero attached hydrogens (tertiary/aromatic N) is 6. The minimum Gasteiger partial charge on any atom is -0.393 e. The first kappa shape index (κ1) is 23.9. The third-order valence-corrected chi connectivity index (χ3v) is 5.31. The summed E-state index contributed by atoms with van der Waals surface area (Å²) in [5, 5.41) is 17.1. The van der Waals surface area contributed by atoms with Crippen LogP contribution in [0, 0.1) is 0 Å². The largest absolute Gasteiger partial charge is 0.393 e. The van der Waals surface area contributed by atoms with Crippen LogP contribution in [0.5, 0.6) is 0 Å². The van der Waals surface area contributed by atoms with Crippen molar-refractivity contribution in [2.75, 3.05) is 57.3 Å². The highest BCUT2D eigenvalue weighted by molar-refractivity contribution is 14.0. The Balaban J connectivity index is 0.00000300. The molecule has 10 heteroatoms. The predicted octanol–water partition coefficient (Wildman–Crippen LogP) is 0.499. The lowest BCUT2D eigenvalue weighted by Gasteiger charge is -2.35. The molecule has 9 nitrogen and oxygen atoms in total. The van der Waals surface area contributed by atoms with Crippen LogP contribution in [0.15, 0.2) is 17.4 Å². The fourth-order valence-electron chi connectivity index (χ4n) is 3.72.